The number of nitrogens with one attached hydrogen (secondary N) is 1. The minimum Gasteiger partial charge on any atom is -0.398 e. The van der Waals surface area contributed by atoms with Crippen LogP contribution in [0.1, 0.15) is 46.0 Å². The maximum absolute atomic E-state index is 13.0. The van der Waals surface area contributed by atoms with Gasteiger partial charge in [0.2, 0.25) is 10.0 Å². The largest absolute Gasteiger partial charge is 0.398 e. The minimum atomic E-state index is -3.70. The van der Waals surface area contributed by atoms with Crippen LogP contribution in [0.5, 0.6) is 0 Å². The summed E-state index contributed by atoms with van der Waals surface area (Å²) in [6.07, 6.45) is 4.45. The van der Waals surface area contributed by atoms with Gasteiger partial charge in [-0.3, -0.25) is 0 Å². The maximum Gasteiger partial charge on any atom is 0.242 e. The lowest BCUT2D eigenvalue weighted by atomic mass is 10.1. The zero-order chi connectivity index (χ0) is 15.2. The smallest absolute Gasteiger partial charge is 0.242 e. The fraction of sp³-hybridized carbons (Fsp3) is 0.571. The van der Waals surface area contributed by atoms with Crippen LogP contribution in [0.2, 0.25) is 0 Å². The van der Waals surface area contributed by atoms with Crippen LogP contribution in [0.25, 0.3) is 0 Å². The second-order valence-electron chi connectivity index (χ2n) is 4.93. The van der Waals surface area contributed by atoms with Crippen molar-refractivity contribution in [2.24, 2.45) is 0 Å². The van der Waals surface area contributed by atoms with Crippen molar-refractivity contribution in [3.63, 3.8) is 0 Å². The van der Waals surface area contributed by atoms with E-state index in [4.69, 9.17) is 5.73 Å². The van der Waals surface area contributed by atoms with E-state index >= 15 is 0 Å². The fourth-order valence-electron chi connectivity index (χ4n) is 2.11. The van der Waals surface area contributed by atoms with Crippen LogP contribution in [0, 0.1) is 5.82 Å². The first-order valence-electron chi connectivity index (χ1n) is 6.98. The first kappa shape index (κ1) is 16.9. The number of nitrogen functional groups attached to an aromatic ring is 1. The lowest BCUT2D eigenvalue weighted by Gasteiger charge is -2.18. The summed E-state index contributed by atoms with van der Waals surface area (Å²) in [6.45, 7) is 4.08. The molecule has 0 fully saturated rings. The molecule has 0 bridgehead atoms. The van der Waals surface area contributed by atoms with Crippen molar-refractivity contribution in [1.29, 1.82) is 0 Å². The van der Waals surface area contributed by atoms with Crippen LogP contribution in [-0.2, 0) is 10.0 Å². The summed E-state index contributed by atoms with van der Waals surface area (Å²) >= 11 is 0. The van der Waals surface area contributed by atoms with Gasteiger partial charge in [-0.2, -0.15) is 0 Å². The van der Waals surface area contributed by atoms with Gasteiger partial charge in [0.25, 0.3) is 0 Å². The Balaban J connectivity index is 2.91. The fourth-order valence-corrected chi connectivity index (χ4v) is 3.53. The molecule has 20 heavy (non-hydrogen) atoms. The van der Waals surface area contributed by atoms with Gasteiger partial charge in [0.1, 0.15) is 10.7 Å². The van der Waals surface area contributed by atoms with Crippen molar-refractivity contribution < 1.29 is 12.8 Å². The number of sulfonamides is 1. The predicted octanol–water partition coefficient (Wildman–Crippen LogP) is 3.05. The van der Waals surface area contributed by atoms with Crippen molar-refractivity contribution >= 4 is 15.7 Å². The van der Waals surface area contributed by atoms with Crippen LogP contribution in [0.15, 0.2) is 23.1 Å². The molecule has 0 saturated heterocycles. The van der Waals surface area contributed by atoms with Gasteiger partial charge in [-0.25, -0.2) is 17.5 Å². The van der Waals surface area contributed by atoms with Gasteiger partial charge in [-0.1, -0.05) is 33.1 Å². The predicted molar refractivity (Wildman–Crippen MR) is 79.4 cm³/mol. The van der Waals surface area contributed by atoms with Crippen molar-refractivity contribution in [3.05, 3.63) is 24.0 Å². The molecular formula is C14H23FN2O2S. The van der Waals surface area contributed by atoms with Crippen molar-refractivity contribution in [3.8, 4) is 0 Å². The number of nitrogens with two attached hydrogens (primary N) is 1. The van der Waals surface area contributed by atoms with Gasteiger partial charge < -0.3 is 5.73 Å². The Labute approximate surface area is 120 Å². The summed E-state index contributed by atoms with van der Waals surface area (Å²) in [5, 5.41) is 0. The van der Waals surface area contributed by atoms with Crippen LogP contribution in [-0.4, -0.2) is 14.5 Å². The normalized spacial score (nSPS) is 13.3. The SMILES string of the molecule is CCCCC(CCC)NS(=O)(=O)c1ccc(F)cc1N. The molecule has 1 unspecified atom stereocenters. The Morgan fingerprint density at radius 3 is 2.50 bits per heavy atom. The Morgan fingerprint density at radius 1 is 1.25 bits per heavy atom. The van der Waals surface area contributed by atoms with E-state index in [2.05, 4.69) is 11.6 Å². The Bertz CT molecular complexity index is 532. The van der Waals surface area contributed by atoms with Crippen molar-refractivity contribution in [2.75, 3.05) is 5.73 Å². The van der Waals surface area contributed by atoms with Crippen molar-refractivity contribution in [2.45, 2.75) is 56.9 Å². The number of hydrogen-bond acceptors (Lipinski definition) is 3. The summed E-state index contributed by atoms with van der Waals surface area (Å²) in [5.74, 6) is -0.544. The summed E-state index contributed by atoms with van der Waals surface area (Å²) in [6, 6.07) is 3.23. The molecule has 0 spiro atoms. The standard InChI is InChI=1S/C14H23FN2O2S/c1-3-5-7-12(6-4-2)17-20(18,19)14-9-8-11(15)10-13(14)16/h8-10,12,17H,3-7,16H2,1-2H3. The number of hydrogen-bond donors (Lipinski definition) is 2. The lowest BCUT2D eigenvalue weighted by Crippen LogP contribution is -2.35. The minimum absolute atomic E-state index is 0.0588. The topological polar surface area (TPSA) is 72.2 Å². The van der Waals surface area contributed by atoms with Crippen LogP contribution in [0.4, 0.5) is 10.1 Å². The zero-order valence-electron chi connectivity index (χ0n) is 12.0. The molecule has 6 heteroatoms. The molecule has 0 aliphatic rings. The third kappa shape index (κ3) is 4.76. The van der Waals surface area contributed by atoms with E-state index in [-0.39, 0.29) is 16.6 Å². The van der Waals surface area contributed by atoms with E-state index < -0.39 is 15.8 Å². The summed E-state index contributed by atoms with van der Waals surface area (Å²) in [7, 11) is -3.70. The highest BCUT2D eigenvalue weighted by molar-refractivity contribution is 7.89. The molecule has 1 atom stereocenters. The zero-order valence-corrected chi connectivity index (χ0v) is 12.8. The second kappa shape index (κ2) is 7.59. The van der Waals surface area contributed by atoms with Gasteiger partial charge in [0.15, 0.2) is 0 Å². The molecule has 1 rings (SSSR count). The van der Waals surface area contributed by atoms with Gasteiger partial charge in [0, 0.05) is 6.04 Å². The van der Waals surface area contributed by atoms with E-state index in [1.807, 2.05) is 6.92 Å². The second-order valence-corrected chi connectivity index (χ2v) is 6.61. The maximum atomic E-state index is 13.0. The highest BCUT2D eigenvalue weighted by Crippen LogP contribution is 2.20. The first-order chi connectivity index (χ1) is 9.40. The number of halogens is 1. The third-order valence-corrected chi connectivity index (χ3v) is 4.72. The molecule has 0 amide bonds. The molecule has 0 aliphatic carbocycles. The lowest BCUT2D eigenvalue weighted by molar-refractivity contribution is 0.483. The van der Waals surface area contributed by atoms with Gasteiger partial charge in [-0.05, 0) is 31.0 Å². The summed E-state index contributed by atoms with van der Waals surface area (Å²) in [4.78, 5) is -0.0588. The molecular weight excluding hydrogens is 279 g/mol. The average molecular weight is 302 g/mol. The summed E-state index contributed by atoms with van der Waals surface area (Å²) in [5.41, 5.74) is 5.53. The Hall–Kier alpha value is -1.14. The molecule has 1 aromatic rings. The third-order valence-electron chi connectivity index (χ3n) is 3.13. The first-order valence-corrected chi connectivity index (χ1v) is 8.46. The molecule has 114 valence electrons. The number of unbranched alkanes of at least 4 members (excludes halogenated alkanes) is 1. The van der Waals surface area contributed by atoms with Gasteiger partial charge >= 0.3 is 0 Å². The number of benzene rings is 1. The Morgan fingerprint density at radius 2 is 1.95 bits per heavy atom. The molecule has 0 saturated carbocycles. The van der Waals surface area contributed by atoms with Gasteiger partial charge in [-0.15, -0.1) is 0 Å². The molecule has 0 heterocycles. The van der Waals surface area contributed by atoms with Crippen LogP contribution < -0.4 is 10.5 Å². The molecule has 4 nitrogen and oxygen atoms in total. The average Bonchev–Trinajstić information content (AvgIpc) is 2.35. The highest BCUT2D eigenvalue weighted by atomic mass is 32.2. The number of anilines is 1. The molecule has 1 aromatic carbocycles. The van der Waals surface area contributed by atoms with E-state index in [0.717, 1.165) is 44.2 Å². The van der Waals surface area contributed by atoms with E-state index in [1.54, 1.807) is 0 Å². The van der Waals surface area contributed by atoms with E-state index in [1.165, 1.54) is 6.07 Å². The molecule has 0 radical (unpaired) electrons. The highest BCUT2D eigenvalue weighted by Gasteiger charge is 2.21. The monoisotopic (exact) mass is 302 g/mol. The quantitative estimate of drug-likeness (QED) is 0.725. The number of rotatable bonds is 8. The van der Waals surface area contributed by atoms with E-state index in [9.17, 15) is 12.8 Å². The molecule has 3 N–H and O–H groups in total. The molecule has 0 aliphatic heterocycles. The summed E-state index contributed by atoms with van der Waals surface area (Å²) < 4.78 is 40.3. The van der Waals surface area contributed by atoms with Crippen LogP contribution in [0.3, 0.4) is 0 Å². The van der Waals surface area contributed by atoms with Crippen molar-refractivity contribution in [1.82, 2.24) is 4.72 Å². The van der Waals surface area contributed by atoms with E-state index in [0.29, 0.717) is 0 Å². The van der Waals surface area contributed by atoms with Gasteiger partial charge in [0.05, 0.1) is 5.69 Å². The Kier molecular flexibility index (Phi) is 6.42. The molecule has 0 aromatic heterocycles. The van der Waals surface area contributed by atoms with Crippen LogP contribution >= 0.6 is 0 Å².